The minimum atomic E-state index is 0.261. The van der Waals surface area contributed by atoms with Crippen molar-refractivity contribution in [1.29, 1.82) is 0 Å². The van der Waals surface area contributed by atoms with Gasteiger partial charge in [-0.3, -0.25) is 9.80 Å². The van der Waals surface area contributed by atoms with E-state index < -0.39 is 0 Å². The van der Waals surface area contributed by atoms with Gasteiger partial charge >= 0.3 is 0 Å². The quantitative estimate of drug-likeness (QED) is 0.671. The first kappa shape index (κ1) is 9.48. The second-order valence-corrected chi connectivity index (χ2v) is 4.94. The maximum atomic E-state index is 11.8. The molecular formula is C13H14N2O2. The van der Waals surface area contributed by atoms with E-state index in [0.717, 1.165) is 25.4 Å². The topological polar surface area (TPSA) is 32.8 Å². The first-order valence-corrected chi connectivity index (χ1v) is 6.13. The lowest BCUT2D eigenvalue weighted by Crippen LogP contribution is -2.34. The van der Waals surface area contributed by atoms with Crippen molar-refractivity contribution in [2.45, 2.75) is 12.5 Å². The van der Waals surface area contributed by atoms with Gasteiger partial charge < -0.3 is 4.74 Å². The molecule has 3 aliphatic heterocycles. The third-order valence-corrected chi connectivity index (χ3v) is 4.02. The Labute approximate surface area is 99.7 Å². The summed E-state index contributed by atoms with van der Waals surface area (Å²) in [5.74, 6) is 1.67. The molecule has 3 aliphatic rings. The minimum absolute atomic E-state index is 0.261. The summed E-state index contributed by atoms with van der Waals surface area (Å²) in [6.07, 6.45) is 0.659. The van der Waals surface area contributed by atoms with Crippen molar-refractivity contribution < 1.29 is 9.53 Å². The molecule has 17 heavy (non-hydrogen) atoms. The zero-order valence-electron chi connectivity index (χ0n) is 9.50. The number of benzene rings is 1. The highest BCUT2D eigenvalue weighted by Crippen LogP contribution is 2.45. The Bertz CT molecular complexity index is 488. The highest BCUT2D eigenvalue weighted by Gasteiger charge is 2.48. The van der Waals surface area contributed by atoms with Crippen LogP contribution in [0.4, 0.5) is 0 Å². The predicted molar refractivity (Wildman–Crippen MR) is 61.2 cm³/mol. The number of rotatable bonds is 0. The number of hydrazine groups is 1. The molecule has 2 fully saturated rings. The van der Waals surface area contributed by atoms with Crippen LogP contribution in [0, 0.1) is 5.92 Å². The average molecular weight is 230 g/mol. The number of hydrogen-bond donors (Lipinski definition) is 0. The summed E-state index contributed by atoms with van der Waals surface area (Å²) in [5, 5.41) is 4.15. The van der Waals surface area contributed by atoms with E-state index in [4.69, 9.17) is 4.74 Å². The van der Waals surface area contributed by atoms with Crippen molar-refractivity contribution in [2.75, 3.05) is 19.7 Å². The van der Waals surface area contributed by atoms with Crippen molar-refractivity contribution in [1.82, 2.24) is 10.0 Å². The summed E-state index contributed by atoms with van der Waals surface area (Å²) in [5.41, 5.74) is 1.24. The van der Waals surface area contributed by atoms with Crippen LogP contribution in [0.15, 0.2) is 24.3 Å². The van der Waals surface area contributed by atoms with E-state index in [1.807, 2.05) is 23.2 Å². The maximum Gasteiger partial charge on any atom is 0.238 e. The van der Waals surface area contributed by atoms with Crippen LogP contribution in [0.5, 0.6) is 5.75 Å². The summed E-state index contributed by atoms with van der Waals surface area (Å²) < 4.78 is 5.77. The number of nitrogens with zero attached hydrogens (tertiary/aromatic N) is 2. The first-order chi connectivity index (χ1) is 8.34. The molecule has 0 spiro atoms. The fraction of sp³-hybridized carbons (Fsp3) is 0.462. The van der Waals surface area contributed by atoms with E-state index in [2.05, 4.69) is 11.1 Å². The number of hydrogen-bond acceptors (Lipinski definition) is 3. The van der Waals surface area contributed by atoms with E-state index in [9.17, 15) is 4.79 Å². The third kappa shape index (κ3) is 1.19. The van der Waals surface area contributed by atoms with Gasteiger partial charge in [0.15, 0.2) is 0 Å². The van der Waals surface area contributed by atoms with Crippen LogP contribution in [0.25, 0.3) is 0 Å². The molecule has 1 aromatic rings. The molecule has 4 rings (SSSR count). The minimum Gasteiger partial charge on any atom is -0.493 e. The number of carbonyl (C=O) groups excluding carboxylic acids is 1. The Kier molecular flexibility index (Phi) is 1.80. The smallest absolute Gasteiger partial charge is 0.238 e. The van der Waals surface area contributed by atoms with E-state index >= 15 is 0 Å². The highest BCUT2D eigenvalue weighted by atomic mass is 16.5. The summed E-state index contributed by atoms with van der Waals surface area (Å²) in [6, 6.07) is 8.53. The van der Waals surface area contributed by atoms with Crippen LogP contribution < -0.4 is 4.74 Å². The molecule has 0 N–H and O–H groups in total. The maximum absolute atomic E-state index is 11.8. The van der Waals surface area contributed by atoms with Crippen molar-refractivity contribution in [3.63, 3.8) is 0 Å². The van der Waals surface area contributed by atoms with Gasteiger partial charge in [0.25, 0.3) is 0 Å². The number of fused-ring (bicyclic) bond motifs is 5. The molecule has 3 heterocycles. The molecule has 0 unspecified atom stereocenters. The Morgan fingerprint density at radius 1 is 1.29 bits per heavy atom. The number of ether oxygens (including phenoxy) is 1. The summed E-state index contributed by atoms with van der Waals surface area (Å²) in [4.78, 5) is 11.8. The van der Waals surface area contributed by atoms with E-state index in [-0.39, 0.29) is 5.91 Å². The van der Waals surface area contributed by atoms with Gasteiger partial charge in [-0.15, -0.1) is 0 Å². The average Bonchev–Trinajstić information content (AvgIpc) is 2.90. The van der Waals surface area contributed by atoms with Crippen LogP contribution >= 0.6 is 0 Å². The lowest BCUT2D eigenvalue weighted by atomic mass is 9.91. The second kappa shape index (κ2) is 3.23. The van der Waals surface area contributed by atoms with E-state index in [1.54, 1.807) is 0 Å². The SMILES string of the molecule is O=C1CCN2[C@H]3c4ccccc4OC[C@@H]3CN12. The molecule has 2 atom stereocenters. The second-order valence-electron chi connectivity index (χ2n) is 4.94. The molecule has 0 radical (unpaired) electrons. The van der Waals surface area contributed by atoms with Gasteiger partial charge in [-0.25, -0.2) is 5.01 Å². The van der Waals surface area contributed by atoms with Gasteiger partial charge in [-0.05, 0) is 6.07 Å². The third-order valence-electron chi connectivity index (χ3n) is 4.02. The Hall–Kier alpha value is -1.55. The number of para-hydroxylation sites is 1. The van der Waals surface area contributed by atoms with Crippen molar-refractivity contribution in [2.24, 2.45) is 5.92 Å². The van der Waals surface area contributed by atoms with Crippen LogP contribution in [-0.4, -0.2) is 35.6 Å². The predicted octanol–water partition coefficient (Wildman–Crippen LogP) is 1.20. The molecule has 4 heteroatoms. The monoisotopic (exact) mass is 230 g/mol. The molecular weight excluding hydrogens is 216 g/mol. The molecule has 0 aliphatic carbocycles. The Morgan fingerprint density at radius 2 is 2.18 bits per heavy atom. The van der Waals surface area contributed by atoms with Crippen molar-refractivity contribution in [3.8, 4) is 5.75 Å². The molecule has 2 saturated heterocycles. The van der Waals surface area contributed by atoms with Crippen LogP contribution in [0.3, 0.4) is 0 Å². The Balaban J connectivity index is 1.79. The lowest BCUT2D eigenvalue weighted by molar-refractivity contribution is -0.135. The van der Waals surface area contributed by atoms with E-state index in [0.29, 0.717) is 18.4 Å². The molecule has 0 aromatic heterocycles. The van der Waals surface area contributed by atoms with Crippen LogP contribution in [0.2, 0.25) is 0 Å². The van der Waals surface area contributed by atoms with E-state index in [1.165, 1.54) is 5.56 Å². The standard InChI is InChI=1S/C13H14N2O2/c16-12-5-6-14-13-9(7-15(12)14)8-17-11-4-2-1-3-10(11)13/h1-4,9,13H,5-8H2/t9-,13+/m0/s1. The summed E-state index contributed by atoms with van der Waals surface area (Å²) in [6.45, 7) is 2.40. The fourth-order valence-electron chi connectivity index (χ4n) is 3.28. The highest BCUT2D eigenvalue weighted by molar-refractivity contribution is 5.78. The van der Waals surface area contributed by atoms with Crippen molar-refractivity contribution in [3.05, 3.63) is 29.8 Å². The lowest BCUT2D eigenvalue weighted by Gasteiger charge is -2.31. The van der Waals surface area contributed by atoms with Gasteiger partial charge in [-0.2, -0.15) is 0 Å². The molecule has 88 valence electrons. The number of amides is 1. The summed E-state index contributed by atoms with van der Waals surface area (Å²) in [7, 11) is 0. The Morgan fingerprint density at radius 3 is 3.12 bits per heavy atom. The summed E-state index contributed by atoms with van der Waals surface area (Å²) >= 11 is 0. The molecule has 0 saturated carbocycles. The first-order valence-electron chi connectivity index (χ1n) is 6.13. The van der Waals surface area contributed by atoms with Gasteiger partial charge in [-0.1, -0.05) is 18.2 Å². The zero-order chi connectivity index (χ0) is 11.4. The van der Waals surface area contributed by atoms with Crippen LogP contribution in [0.1, 0.15) is 18.0 Å². The largest absolute Gasteiger partial charge is 0.493 e. The normalized spacial score (nSPS) is 30.8. The number of carbonyl (C=O) groups is 1. The van der Waals surface area contributed by atoms with Gasteiger partial charge in [0.2, 0.25) is 5.91 Å². The fourth-order valence-corrected chi connectivity index (χ4v) is 3.28. The molecule has 0 bridgehead atoms. The molecule has 4 nitrogen and oxygen atoms in total. The van der Waals surface area contributed by atoms with Gasteiger partial charge in [0.1, 0.15) is 5.75 Å². The van der Waals surface area contributed by atoms with Gasteiger partial charge in [0.05, 0.1) is 12.6 Å². The van der Waals surface area contributed by atoms with Gasteiger partial charge in [0, 0.05) is 31.0 Å². The van der Waals surface area contributed by atoms with Crippen molar-refractivity contribution >= 4 is 5.91 Å². The molecule has 1 amide bonds. The molecule has 1 aromatic carbocycles. The zero-order valence-corrected chi connectivity index (χ0v) is 9.50. The van der Waals surface area contributed by atoms with Crippen LogP contribution in [-0.2, 0) is 4.79 Å².